The normalized spacial score (nSPS) is 10.5. The summed E-state index contributed by atoms with van der Waals surface area (Å²) < 4.78 is 7.47. The zero-order chi connectivity index (χ0) is 21.0. The van der Waals surface area contributed by atoms with Gasteiger partial charge in [0.15, 0.2) is 6.61 Å². The van der Waals surface area contributed by atoms with Crippen LogP contribution >= 0.6 is 0 Å². The quantitative estimate of drug-likeness (QED) is 0.654. The Bertz CT molecular complexity index is 1050. The monoisotopic (exact) mass is 391 g/mol. The summed E-state index contributed by atoms with van der Waals surface area (Å²) in [5.74, 6) is -0.206. The lowest BCUT2D eigenvalue weighted by Gasteiger charge is -2.13. The van der Waals surface area contributed by atoms with Crippen LogP contribution in [0.25, 0.3) is 5.69 Å². The Morgan fingerprint density at radius 1 is 0.931 bits per heavy atom. The van der Waals surface area contributed by atoms with E-state index < -0.39 is 5.91 Å². The molecule has 3 rings (SSSR count). The van der Waals surface area contributed by atoms with E-state index in [-0.39, 0.29) is 12.5 Å². The number of rotatable bonds is 5. The van der Waals surface area contributed by atoms with Crippen LogP contribution in [0.15, 0.2) is 54.6 Å². The van der Waals surface area contributed by atoms with Crippen LogP contribution in [0, 0.1) is 27.7 Å². The number of amides is 2. The van der Waals surface area contributed by atoms with Crippen LogP contribution in [0.4, 0.5) is 0 Å². The van der Waals surface area contributed by atoms with Gasteiger partial charge in [0, 0.05) is 17.1 Å². The number of nitrogens with one attached hydrogen (secondary N) is 2. The molecule has 0 aliphatic carbocycles. The second kappa shape index (κ2) is 8.65. The summed E-state index contributed by atoms with van der Waals surface area (Å²) >= 11 is 0. The molecule has 2 amide bonds. The molecule has 0 fully saturated rings. The number of carbonyl (C=O) groups excluding carboxylic acids is 2. The largest absolute Gasteiger partial charge is 0.484 e. The molecule has 0 aliphatic heterocycles. The molecule has 6 nitrogen and oxygen atoms in total. The highest BCUT2D eigenvalue weighted by molar-refractivity contribution is 5.97. The van der Waals surface area contributed by atoms with Crippen LogP contribution in [0.2, 0.25) is 0 Å². The molecule has 0 spiro atoms. The Morgan fingerprint density at radius 2 is 1.69 bits per heavy atom. The van der Waals surface area contributed by atoms with Gasteiger partial charge >= 0.3 is 0 Å². The summed E-state index contributed by atoms with van der Waals surface area (Å²) in [4.78, 5) is 24.6. The number of hydrogen-bond donors (Lipinski definition) is 2. The molecule has 0 radical (unpaired) electrons. The smallest absolute Gasteiger partial charge is 0.276 e. The molecular formula is C23H25N3O3. The molecule has 150 valence electrons. The van der Waals surface area contributed by atoms with Gasteiger partial charge < -0.3 is 9.30 Å². The van der Waals surface area contributed by atoms with E-state index >= 15 is 0 Å². The highest BCUT2D eigenvalue weighted by Crippen LogP contribution is 2.23. The van der Waals surface area contributed by atoms with Crippen molar-refractivity contribution >= 4 is 11.8 Å². The van der Waals surface area contributed by atoms with Crippen molar-refractivity contribution in [3.8, 4) is 11.4 Å². The second-order valence-corrected chi connectivity index (χ2v) is 7.01. The minimum Gasteiger partial charge on any atom is -0.484 e. The number of carbonyl (C=O) groups is 2. The van der Waals surface area contributed by atoms with Crippen molar-refractivity contribution in [3.63, 3.8) is 0 Å². The number of nitrogens with zero attached hydrogens (tertiary/aromatic N) is 1. The van der Waals surface area contributed by atoms with Gasteiger partial charge in [0.2, 0.25) is 0 Å². The van der Waals surface area contributed by atoms with E-state index in [1.54, 1.807) is 6.07 Å². The molecule has 2 aromatic carbocycles. The first-order valence-electron chi connectivity index (χ1n) is 9.40. The highest BCUT2D eigenvalue weighted by Gasteiger charge is 2.18. The number of hydrogen-bond acceptors (Lipinski definition) is 3. The van der Waals surface area contributed by atoms with Crippen molar-refractivity contribution < 1.29 is 14.3 Å². The van der Waals surface area contributed by atoms with Crippen LogP contribution in [-0.4, -0.2) is 23.0 Å². The maximum Gasteiger partial charge on any atom is 0.276 e. The SMILES string of the molecule is Cc1cccc(OCC(=O)NNC(=O)c2cc(C)n(-c3ccccc3C)c2C)c1. The Hall–Kier alpha value is -3.54. The summed E-state index contributed by atoms with van der Waals surface area (Å²) in [6, 6.07) is 17.2. The van der Waals surface area contributed by atoms with E-state index in [9.17, 15) is 9.59 Å². The number of para-hydroxylation sites is 1. The Balaban J connectivity index is 1.63. The van der Waals surface area contributed by atoms with Gasteiger partial charge in [-0.2, -0.15) is 0 Å². The average molecular weight is 391 g/mol. The summed E-state index contributed by atoms with van der Waals surface area (Å²) in [7, 11) is 0. The first-order valence-corrected chi connectivity index (χ1v) is 9.40. The van der Waals surface area contributed by atoms with E-state index in [1.165, 1.54) is 0 Å². The average Bonchev–Trinajstić information content (AvgIpc) is 2.99. The van der Waals surface area contributed by atoms with E-state index in [2.05, 4.69) is 10.9 Å². The molecule has 6 heteroatoms. The summed E-state index contributed by atoms with van der Waals surface area (Å²) in [6.07, 6.45) is 0. The fourth-order valence-electron chi connectivity index (χ4n) is 3.26. The first-order chi connectivity index (χ1) is 13.9. The zero-order valence-corrected chi connectivity index (χ0v) is 17.1. The lowest BCUT2D eigenvalue weighted by Crippen LogP contribution is -2.44. The number of hydrazine groups is 1. The van der Waals surface area contributed by atoms with E-state index in [0.29, 0.717) is 11.3 Å². The fraction of sp³-hybridized carbons (Fsp3) is 0.217. The van der Waals surface area contributed by atoms with Crippen LogP contribution in [-0.2, 0) is 4.79 Å². The van der Waals surface area contributed by atoms with Crippen molar-refractivity contribution in [2.24, 2.45) is 0 Å². The predicted octanol–water partition coefficient (Wildman–Crippen LogP) is 3.55. The van der Waals surface area contributed by atoms with Gasteiger partial charge in [0.1, 0.15) is 5.75 Å². The maximum atomic E-state index is 12.6. The van der Waals surface area contributed by atoms with Crippen molar-refractivity contribution in [2.75, 3.05) is 6.61 Å². The van der Waals surface area contributed by atoms with Crippen LogP contribution < -0.4 is 15.6 Å². The molecule has 0 aliphatic rings. The molecule has 29 heavy (non-hydrogen) atoms. The van der Waals surface area contributed by atoms with E-state index in [1.807, 2.05) is 80.8 Å². The number of aryl methyl sites for hydroxylation is 3. The number of aromatic nitrogens is 1. The van der Waals surface area contributed by atoms with Crippen LogP contribution in [0.1, 0.15) is 32.9 Å². The Kier molecular flexibility index (Phi) is 6.02. The standard InChI is InChI=1S/C23H25N3O3/c1-15-8-7-10-19(12-15)29-14-22(27)24-25-23(28)20-13-17(3)26(18(20)4)21-11-6-5-9-16(21)2/h5-13H,14H2,1-4H3,(H,24,27)(H,25,28). The maximum absolute atomic E-state index is 12.6. The minimum atomic E-state index is -0.437. The van der Waals surface area contributed by atoms with E-state index in [0.717, 1.165) is 28.2 Å². The molecule has 0 saturated heterocycles. The van der Waals surface area contributed by atoms with Crippen LogP contribution in [0.3, 0.4) is 0 Å². The van der Waals surface area contributed by atoms with Crippen molar-refractivity contribution in [1.82, 2.24) is 15.4 Å². The predicted molar refractivity (Wildman–Crippen MR) is 112 cm³/mol. The van der Waals surface area contributed by atoms with Gasteiger partial charge in [0.25, 0.3) is 11.8 Å². The van der Waals surface area contributed by atoms with Gasteiger partial charge in [-0.05, 0) is 63.1 Å². The van der Waals surface area contributed by atoms with Gasteiger partial charge in [-0.15, -0.1) is 0 Å². The Labute approximate surface area is 170 Å². The number of ether oxygens (including phenoxy) is 1. The molecule has 3 aromatic rings. The minimum absolute atomic E-state index is 0.189. The fourth-order valence-corrected chi connectivity index (χ4v) is 3.26. The Morgan fingerprint density at radius 3 is 2.41 bits per heavy atom. The lowest BCUT2D eigenvalue weighted by molar-refractivity contribution is -0.123. The molecule has 0 saturated carbocycles. The topological polar surface area (TPSA) is 72.4 Å². The van der Waals surface area contributed by atoms with Crippen molar-refractivity contribution in [3.05, 3.63) is 82.7 Å². The van der Waals surface area contributed by atoms with Gasteiger partial charge in [-0.1, -0.05) is 30.3 Å². The molecule has 2 N–H and O–H groups in total. The second-order valence-electron chi connectivity index (χ2n) is 7.01. The van der Waals surface area contributed by atoms with E-state index in [4.69, 9.17) is 4.74 Å². The summed E-state index contributed by atoms with van der Waals surface area (Å²) in [6.45, 7) is 7.62. The molecule has 0 unspecified atom stereocenters. The van der Waals surface area contributed by atoms with Crippen LogP contribution in [0.5, 0.6) is 5.75 Å². The van der Waals surface area contributed by atoms with Gasteiger partial charge in [-0.3, -0.25) is 20.4 Å². The first kappa shape index (κ1) is 20.2. The van der Waals surface area contributed by atoms with Gasteiger partial charge in [0.05, 0.1) is 5.56 Å². The third kappa shape index (κ3) is 4.66. The zero-order valence-electron chi connectivity index (χ0n) is 17.1. The number of benzene rings is 2. The third-order valence-electron chi connectivity index (χ3n) is 4.71. The van der Waals surface area contributed by atoms with Crippen molar-refractivity contribution in [1.29, 1.82) is 0 Å². The molecule has 1 heterocycles. The highest BCUT2D eigenvalue weighted by atomic mass is 16.5. The summed E-state index contributed by atoms with van der Waals surface area (Å²) in [5.41, 5.74) is 10.3. The molecule has 1 aromatic heterocycles. The lowest BCUT2D eigenvalue weighted by atomic mass is 10.2. The van der Waals surface area contributed by atoms with Gasteiger partial charge in [-0.25, -0.2) is 0 Å². The molecular weight excluding hydrogens is 366 g/mol. The summed E-state index contributed by atoms with van der Waals surface area (Å²) in [5, 5.41) is 0. The molecule has 0 bridgehead atoms. The van der Waals surface area contributed by atoms with Crippen molar-refractivity contribution in [2.45, 2.75) is 27.7 Å². The third-order valence-corrected chi connectivity index (χ3v) is 4.71. The molecule has 0 atom stereocenters.